The minimum atomic E-state index is -0.229. The van der Waals surface area contributed by atoms with E-state index in [4.69, 9.17) is 9.47 Å². The van der Waals surface area contributed by atoms with Gasteiger partial charge >= 0.3 is 0 Å². The Balaban J connectivity index is 1.47. The summed E-state index contributed by atoms with van der Waals surface area (Å²) in [5, 5.41) is 11.1. The Labute approximate surface area is 123 Å². The highest BCUT2D eigenvalue weighted by atomic mass is 16.5. The van der Waals surface area contributed by atoms with Crippen LogP contribution in [0.4, 0.5) is 0 Å². The number of rotatable bonds is 3. The lowest BCUT2D eigenvalue weighted by molar-refractivity contribution is -0.0293. The van der Waals surface area contributed by atoms with Crippen molar-refractivity contribution in [3.63, 3.8) is 0 Å². The lowest BCUT2D eigenvalue weighted by Gasteiger charge is -2.35. The van der Waals surface area contributed by atoms with Gasteiger partial charge in [-0.3, -0.25) is 4.79 Å². The molecular formula is C14H20N4O3. The molecule has 1 aromatic heterocycles. The predicted octanol–water partition coefficient (Wildman–Crippen LogP) is 0.681. The van der Waals surface area contributed by atoms with Gasteiger partial charge in [0.15, 0.2) is 5.69 Å². The molecule has 2 bridgehead atoms. The van der Waals surface area contributed by atoms with Crippen LogP contribution in [0.15, 0.2) is 6.20 Å². The molecule has 1 aliphatic carbocycles. The van der Waals surface area contributed by atoms with Gasteiger partial charge in [-0.25, -0.2) is 4.68 Å². The number of carbonyl (C=O) groups is 1. The number of carbonyl (C=O) groups excluding carboxylic acids is 1. The largest absolute Gasteiger partial charge is 0.377 e. The number of nitrogens with one attached hydrogen (secondary N) is 1. The normalized spacial score (nSPS) is 35.5. The van der Waals surface area contributed by atoms with Crippen molar-refractivity contribution in [3.8, 4) is 0 Å². The van der Waals surface area contributed by atoms with Crippen LogP contribution in [0, 0.1) is 0 Å². The van der Waals surface area contributed by atoms with Crippen LogP contribution >= 0.6 is 0 Å². The molecule has 0 radical (unpaired) electrons. The topological polar surface area (TPSA) is 78.3 Å². The number of ether oxygens (including phenoxy) is 2. The summed E-state index contributed by atoms with van der Waals surface area (Å²) in [7, 11) is 0. The summed E-state index contributed by atoms with van der Waals surface area (Å²) in [6.45, 7) is 4.01. The van der Waals surface area contributed by atoms with Crippen LogP contribution < -0.4 is 5.32 Å². The van der Waals surface area contributed by atoms with Crippen molar-refractivity contribution in [2.24, 2.45) is 0 Å². The first kappa shape index (κ1) is 13.2. The van der Waals surface area contributed by atoms with Crippen LogP contribution in [-0.2, 0) is 9.47 Å². The second-order valence-electron chi connectivity index (χ2n) is 6.78. The molecule has 7 nitrogen and oxygen atoms in total. The van der Waals surface area contributed by atoms with Gasteiger partial charge < -0.3 is 14.8 Å². The molecule has 7 heteroatoms. The molecule has 1 saturated carbocycles. The Kier molecular flexibility index (Phi) is 2.84. The highest BCUT2D eigenvalue weighted by Crippen LogP contribution is 2.44. The average molecular weight is 292 g/mol. The SMILES string of the molecule is CC12CCCC(NC(=O)c3cn(C4COC4)nn3)(CO1)C2. The monoisotopic (exact) mass is 292 g/mol. The van der Waals surface area contributed by atoms with Crippen LogP contribution in [0.5, 0.6) is 0 Å². The Hall–Kier alpha value is -1.47. The summed E-state index contributed by atoms with van der Waals surface area (Å²) in [6, 6.07) is 0.213. The van der Waals surface area contributed by atoms with Gasteiger partial charge in [0, 0.05) is 6.42 Å². The smallest absolute Gasteiger partial charge is 0.273 e. The molecule has 0 aromatic carbocycles. The van der Waals surface area contributed by atoms with Crippen molar-refractivity contribution in [2.45, 2.75) is 49.8 Å². The van der Waals surface area contributed by atoms with Crippen LogP contribution in [0.2, 0.25) is 0 Å². The molecule has 1 amide bonds. The number of aromatic nitrogens is 3. The third-order valence-corrected chi connectivity index (χ3v) is 4.89. The maximum atomic E-state index is 12.4. The minimum Gasteiger partial charge on any atom is -0.377 e. The van der Waals surface area contributed by atoms with Gasteiger partial charge in [-0.2, -0.15) is 0 Å². The summed E-state index contributed by atoms with van der Waals surface area (Å²) in [5.41, 5.74) is 0.0651. The minimum absolute atomic E-state index is 0.0770. The second kappa shape index (κ2) is 4.51. The molecule has 3 fully saturated rings. The maximum Gasteiger partial charge on any atom is 0.273 e. The number of hydrogen-bond donors (Lipinski definition) is 1. The molecule has 1 aromatic rings. The number of fused-ring (bicyclic) bond motifs is 2. The van der Waals surface area contributed by atoms with Crippen molar-refractivity contribution in [2.75, 3.05) is 19.8 Å². The van der Waals surface area contributed by atoms with Crippen molar-refractivity contribution in [1.82, 2.24) is 20.3 Å². The third kappa shape index (κ3) is 2.24. The zero-order valence-electron chi connectivity index (χ0n) is 12.2. The van der Waals surface area contributed by atoms with E-state index in [1.807, 2.05) is 0 Å². The molecule has 3 aliphatic rings. The molecule has 3 heterocycles. The van der Waals surface area contributed by atoms with Gasteiger partial charge in [0.2, 0.25) is 0 Å². The first-order chi connectivity index (χ1) is 10.1. The third-order valence-electron chi connectivity index (χ3n) is 4.89. The standard InChI is InChI=1S/C14H20N4O3/c1-13-3-2-4-14(8-13,9-21-13)15-12(19)11-5-18(17-16-11)10-6-20-7-10/h5,10H,2-4,6-9H2,1H3,(H,15,19). The van der Waals surface area contributed by atoms with Crippen molar-refractivity contribution in [1.29, 1.82) is 0 Å². The fourth-order valence-corrected chi connectivity index (χ4v) is 3.63. The van der Waals surface area contributed by atoms with E-state index in [9.17, 15) is 4.79 Å². The van der Waals surface area contributed by atoms with Crippen LogP contribution in [0.3, 0.4) is 0 Å². The molecule has 21 heavy (non-hydrogen) atoms. The van der Waals surface area contributed by atoms with Gasteiger partial charge in [0.25, 0.3) is 5.91 Å². The van der Waals surface area contributed by atoms with Crippen molar-refractivity contribution in [3.05, 3.63) is 11.9 Å². The van der Waals surface area contributed by atoms with Gasteiger partial charge in [-0.15, -0.1) is 5.10 Å². The highest BCUT2D eigenvalue weighted by molar-refractivity contribution is 5.92. The van der Waals surface area contributed by atoms with E-state index in [-0.39, 0.29) is 23.1 Å². The number of hydrogen-bond acceptors (Lipinski definition) is 5. The van der Waals surface area contributed by atoms with Gasteiger partial charge in [-0.1, -0.05) is 5.21 Å². The van der Waals surface area contributed by atoms with E-state index < -0.39 is 0 Å². The molecule has 2 aliphatic heterocycles. The van der Waals surface area contributed by atoms with Gasteiger partial charge in [0.05, 0.1) is 37.2 Å². The number of amides is 1. The van der Waals surface area contributed by atoms with E-state index in [0.29, 0.717) is 25.5 Å². The first-order valence-corrected chi connectivity index (χ1v) is 7.54. The molecule has 2 unspecified atom stereocenters. The lowest BCUT2D eigenvalue weighted by Crippen LogP contribution is -2.51. The van der Waals surface area contributed by atoms with E-state index in [1.165, 1.54) is 0 Å². The molecule has 4 rings (SSSR count). The Morgan fingerprint density at radius 1 is 1.48 bits per heavy atom. The van der Waals surface area contributed by atoms with E-state index >= 15 is 0 Å². The molecule has 0 spiro atoms. The molecule has 114 valence electrons. The summed E-state index contributed by atoms with van der Waals surface area (Å²) in [5.74, 6) is -0.156. The van der Waals surface area contributed by atoms with E-state index in [1.54, 1.807) is 10.9 Å². The van der Waals surface area contributed by atoms with E-state index in [0.717, 1.165) is 25.7 Å². The fraction of sp³-hybridized carbons (Fsp3) is 0.786. The summed E-state index contributed by atoms with van der Waals surface area (Å²) in [4.78, 5) is 12.4. The van der Waals surface area contributed by atoms with Crippen molar-refractivity contribution >= 4 is 5.91 Å². The lowest BCUT2D eigenvalue weighted by atomic mass is 9.77. The van der Waals surface area contributed by atoms with E-state index in [2.05, 4.69) is 22.6 Å². The second-order valence-corrected chi connectivity index (χ2v) is 6.78. The Bertz CT molecular complexity index is 570. The van der Waals surface area contributed by atoms with Gasteiger partial charge in [0.1, 0.15) is 6.04 Å². The molecule has 2 saturated heterocycles. The quantitative estimate of drug-likeness (QED) is 0.886. The zero-order chi connectivity index (χ0) is 14.5. The predicted molar refractivity (Wildman–Crippen MR) is 72.9 cm³/mol. The zero-order valence-corrected chi connectivity index (χ0v) is 12.2. The summed E-state index contributed by atoms with van der Waals surface area (Å²) in [6.07, 6.45) is 5.72. The van der Waals surface area contributed by atoms with Gasteiger partial charge in [-0.05, 0) is 26.2 Å². The Morgan fingerprint density at radius 2 is 2.33 bits per heavy atom. The summed E-state index contributed by atoms with van der Waals surface area (Å²) < 4.78 is 12.7. The fourth-order valence-electron chi connectivity index (χ4n) is 3.63. The highest BCUT2D eigenvalue weighted by Gasteiger charge is 2.50. The molecular weight excluding hydrogens is 272 g/mol. The molecule has 2 atom stereocenters. The van der Waals surface area contributed by atoms with Crippen LogP contribution in [0.25, 0.3) is 0 Å². The number of nitrogens with zero attached hydrogens (tertiary/aromatic N) is 3. The van der Waals surface area contributed by atoms with Crippen molar-refractivity contribution < 1.29 is 14.3 Å². The summed E-state index contributed by atoms with van der Waals surface area (Å²) >= 11 is 0. The first-order valence-electron chi connectivity index (χ1n) is 7.54. The average Bonchev–Trinajstić information content (AvgIpc) is 2.92. The van der Waals surface area contributed by atoms with Crippen LogP contribution in [-0.4, -0.2) is 51.9 Å². The molecule has 1 N–H and O–H groups in total. The van der Waals surface area contributed by atoms with Crippen LogP contribution in [0.1, 0.15) is 49.1 Å². The Morgan fingerprint density at radius 3 is 3.10 bits per heavy atom. The maximum absolute atomic E-state index is 12.4.